The number of hydrogen-bond acceptors (Lipinski definition) is 2. The molecule has 4 nitrogen and oxygen atoms in total. The first kappa shape index (κ1) is 11.4. The van der Waals surface area contributed by atoms with Gasteiger partial charge in [0.05, 0.1) is 0 Å². The van der Waals surface area contributed by atoms with Crippen LogP contribution in [0.5, 0.6) is 0 Å². The summed E-state index contributed by atoms with van der Waals surface area (Å²) in [5.41, 5.74) is -0.889. The molecule has 0 aromatic heterocycles. The number of likely N-dealkylation sites (tertiary alicyclic amines) is 1. The van der Waals surface area contributed by atoms with Crippen LogP contribution < -0.4 is 0 Å². The van der Waals surface area contributed by atoms with E-state index >= 15 is 0 Å². The van der Waals surface area contributed by atoms with Crippen LogP contribution in [0.25, 0.3) is 0 Å². The zero-order chi connectivity index (χ0) is 11.8. The van der Waals surface area contributed by atoms with Gasteiger partial charge in [0.15, 0.2) is 0 Å². The van der Waals surface area contributed by atoms with Gasteiger partial charge in [-0.1, -0.05) is 6.92 Å². The zero-order valence-electron chi connectivity index (χ0n) is 9.74. The predicted molar refractivity (Wildman–Crippen MR) is 58.9 cm³/mol. The summed E-state index contributed by atoms with van der Waals surface area (Å²) in [6.07, 6.45) is 4.39. The Balaban J connectivity index is 2.22. The van der Waals surface area contributed by atoms with Gasteiger partial charge in [0, 0.05) is 13.0 Å². The summed E-state index contributed by atoms with van der Waals surface area (Å²) in [5.74, 6) is -0.197. The van der Waals surface area contributed by atoms with Gasteiger partial charge in [-0.2, -0.15) is 0 Å². The molecule has 0 aromatic carbocycles. The molecule has 1 saturated heterocycles. The van der Waals surface area contributed by atoms with E-state index in [0.29, 0.717) is 31.7 Å². The molecule has 1 aliphatic carbocycles. The van der Waals surface area contributed by atoms with Crippen molar-refractivity contribution in [3.63, 3.8) is 0 Å². The molecule has 0 bridgehead atoms. The Morgan fingerprint density at radius 1 is 1.44 bits per heavy atom. The molecule has 1 N–H and O–H groups in total. The molecule has 1 aliphatic heterocycles. The van der Waals surface area contributed by atoms with E-state index < -0.39 is 11.5 Å². The van der Waals surface area contributed by atoms with Crippen molar-refractivity contribution in [1.82, 2.24) is 4.90 Å². The van der Waals surface area contributed by atoms with Gasteiger partial charge in [-0.25, -0.2) is 4.79 Å². The fourth-order valence-electron chi connectivity index (χ4n) is 2.94. The third kappa shape index (κ3) is 1.70. The van der Waals surface area contributed by atoms with E-state index in [2.05, 4.69) is 6.92 Å². The van der Waals surface area contributed by atoms with Crippen molar-refractivity contribution in [2.45, 2.75) is 51.0 Å². The minimum absolute atomic E-state index is 0.0250. The van der Waals surface area contributed by atoms with Gasteiger partial charge in [0.2, 0.25) is 5.91 Å². The van der Waals surface area contributed by atoms with Gasteiger partial charge in [-0.05, 0) is 38.0 Å². The van der Waals surface area contributed by atoms with Gasteiger partial charge in [0.1, 0.15) is 5.54 Å². The average molecular weight is 225 g/mol. The summed E-state index contributed by atoms with van der Waals surface area (Å²) in [7, 11) is 0. The quantitative estimate of drug-likeness (QED) is 0.777. The van der Waals surface area contributed by atoms with Crippen molar-refractivity contribution in [3.05, 3.63) is 0 Å². The Kier molecular flexibility index (Phi) is 2.91. The molecule has 2 aliphatic rings. The van der Waals surface area contributed by atoms with Crippen LogP contribution >= 0.6 is 0 Å². The van der Waals surface area contributed by atoms with E-state index in [1.165, 1.54) is 0 Å². The van der Waals surface area contributed by atoms with Gasteiger partial charge < -0.3 is 10.0 Å². The maximum absolute atomic E-state index is 11.7. The summed E-state index contributed by atoms with van der Waals surface area (Å²) < 4.78 is 0. The van der Waals surface area contributed by atoms with Gasteiger partial charge in [-0.3, -0.25) is 4.79 Å². The molecule has 90 valence electrons. The standard InChI is InChI=1S/C12H19NO3/c1-9-4-6-12(7-5-9,11(15)16)13-8-2-3-10(13)14/h9H,2-8H2,1H3,(H,15,16). The number of carboxylic acid groups (broad SMARTS) is 1. The topological polar surface area (TPSA) is 57.6 Å². The summed E-state index contributed by atoms with van der Waals surface area (Å²) in [6, 6.07) is 0. The molecule has 0 radical (unpaired) electrons. The molecule has 16 heavy (non-hydrogen) atoms. The lowest BCUT2D eigenvalue weighted by molar-refractivity contribution is -0.160. The van der Waals surface area contributed by atoms with Crippen molar-refractivity contribution in [2.75, 3.05) is 6.54 Å². The van der Waals surface area contributed by atoms with Gasteiger partial charge in [-0.15, -0.1) is 0 Å². The SMILES string of the molecule is CC1CCC(C(=O)O)(N2CCCC2=O)CC1. The summed E-state index contributed by atoms with van der Waals surface area (Å²) >= 11 is 0. The van der Waals surface area contributed by atoms with E-state index in [1.54, 1.807) is 4.90 Å². The van der Waals surface area contributed by atoms with E-state index in [-0.39, 0.29) is 5.91 Å². The molecule has 0 unspecified atom stereocenters. The van der Waals surface area contributed by atoms with Crippen LogP contribution in [-0.4, -0.2) is 34.0 Å². The first-order chi connectivity index (χ1) is 7.56. The van der Waals surface area contributed by atoms with Gasteiger partial charge >= 0.3 is 5.97 Å². The van der Waals surface area contributed by atoms with Crippen molar-refractivity contribution in [1.29, 1.82) is 0 Å². The van der Waals surface area contributed by atoms with E-state index in [0.717, 1.165) is 19.3 Å². The van der Waals surface area contributed by atoms with Crippen LogP contribution in [0.15, 0.2) is 0 Å². The second-order valence-corrected chi connectivity index (χ2v) is 5.17. The molecule has 1 heterocycles. The fourth-order valence-corrected chi connectivity index (χ4v) is 2.94. The predicted octanol–water partition coefficient (Wildman–Crippen LogP) is 1.64. The van der Waals surface area contributed by atoms with E-state index in [9.17, 15) is 14.7 Å². The number of carboxylic acids is 1. The highest BCUT2D eigenvalue weighted by Crippen LogP contribution is 2.38. The molecule has 1 saturated carbocycles. The number of aliphatic carboxylic acids is 1. The minimum Gasteiger partial charge on any atom is -0.479 e. The highest BCUT2D eigenvalue weighted by molar-refractivity contribution is 5.88. The van der Waals surface area contributed by atoms with Crippen molar-refractivity contribution < 1.29 is 14.7 Å². The molecular formula is C12H19NO3. The zero-order valence-corrected chi connectivity index (χ0v) is 9.74. The van der Waals surface area contributed by atoms with E-state index in [1.807, 2.05) is 0 Å². The fraction of sp³-hybridized carbons (Fsp3) is 0.833. The third-order valence-electron chi connectivity index (χ3n) is 4.09. The van der Waals surface area contributed by atoms with Crippen molar-refractivity contribution >= 4 is 11.9 Å². The monoisotopic (exact) mass is 225 g/mol. The number of amides is 1. The summed E-state index contributed by atoms with van der Waals surface area (Å²) in [6.45, 7) is 2.77. The lowest BCUT2D eigenvalue weighted by Crippen LogP contribution is -2.56. The van der Waals surface area contributed by atoms with Crippen LogP contribution in [-0.2, 0) is 9.59 Å². The normalized spacial score (nSPS) is 35.4. The van der Waals surface area contributed by atoms with Crippen LogP contribution in [0.1, 0.15) is 45.4 Å². The average Bonchev–Trinajstić information content (AvgIpc) is 2.66. The number of carbonyl (C=O) groups excluding carboxylic acids is 1. The lowest BCUT2D eigenvalue weighted by Gasteiger charge is -2.42. The molecule has 0 atom stereocenters. The Hall–Kier alpha value is -1.06. The molecular weight excluding hydrogens is 206 g/mol. The maximum Gasteiger partial charge on any atom is 0.329 e. The molecule has 1 amide bonds. The second-order valence-electron chi connectivity index (χ2n) is 5.17. The maximum atomic E-state index is 11.7. The lowest BCUT2D eigenvalue weighted by atomic mass is 9.76. The highest BCUT2D eigenvalue weighted by Gasteiger charge is 2.49. The Bertz CT molecular complexity index is 305. The Labute approximate surface area is 95.6 Å². The van der Waals surface area contributed by atoms with Crippen LogP contribution in [0.2, 0.25) is 0 Å². The smallest absolute Gasteiger partial charge is 0.329 e. The minimum atomic E-state index is -0.889. The Morgan fingerprint density at radius 2 is 2.06 bits per heavy atom. The van der Waals surface area contributed by atoms with Gasteiger partial charge in [0.25, 0.3) is 0 Å². The molecule has 4 heteroatoms. The van der Waals surface area contributed by atoms with E-state index in [4.69, 9.17) is 0 Å². The Morgan fingerprint density at radius 3 is 2.50 bits per heavy atom. The third-order valence-corrected chi connectivity index (χ3v) is 4.09. The second kappa shape index (κ2) is 4.07. The summed E-state index contributed by atoms with van der Waals surface area (Å²) in [4.78, 5) is 24.9. The van der Waals surface area contributed by atoms with Crippen LogP contribution in [0, 0.1) is 5.92 Å². The van der Waals surface area contributed by atoms with Crippen molar-refractivity contribution in [2.24, 2.45) is 5.92 Å². The number of hydrogen-bond donors (Lipinski definition) is 1. The summed E-state index contributed by atoms with van der Waals surface area (Å²) in [5, 5.41) is 9.46. The number of nitrogens with zero attached hydrogens (tertiary/aromatic N) is 1. The molecule has 2 fully saturated rings. The van der Waals surface area contributed by atoms with Crippen LogP contribution in [0.3, 0.4) is 0 Å². The highest BCUT2D eigenvalue weighted by atomic mass is 16.4. The molecule has 0 aromatic rings. The first-order valence-corrected chi connectivity index (χ1v) is 6.10. The van der Waals surface area contributed by atoms with Crippen LogP contribution in [0.4, 0.5) is 0 Å². The van der Waals surface area contributed by atoms with Crippen molar-refractivity contribution in [3.8, 4) is 0 Å². The largest absolute Gasteiger partial charge is 0.479 e. The number of carbonyl (C=O) groups is 2. The number of rotatable bonds is 2. The molecule has 2 rings (SSSR count). The first-order valence-electron chi connectivity index (χ1n) is 6.10. The molecule has 0 spiro atoms.